The second-order valence-corrected chi connectivity index (χ2v) is 7.23. The number of nitrogens with zero attached hydrogens (tertiary/aromatic N) is 1. The number of rotatable bonds is 8. The number of nitrogens with one attached hydrogen (secondary N) is 1. The van der Waals surface area contributed by atoms with E-state index in [2.05, 4.69) is 5.32 Å². The number of carbonyl (C=O) groups excluding carboxylic acids is 1. The molecule has 4 nitrogen and oxygen atoms in total. The third-order valence-corrected chi connectivity index (χ3v) is 5.20. The Bertz CT molecular complexity index is 822. The molecule has 1 saturated heterocycles. The van der Waals surface area contributed by atoms with E-state index in [9.17, 15) is 18.0 Å². The highest BCUT2D eigenvalue weighted by molar-refractivity contribution is 5.78. The van der Waals surface area contributed by atoms with Crippen LogP contribution in [0.25, 0.3) is 0 Å². The van der Waals surface area contributed by atoms with Gasteiger partial charge in [-0.3, -0.25) is 4.79 Å². The Labute approximate surface area is 168 Å². The average molecular weight is 406 g/mol. The van der Waals surface area contributed by atoms with Crippen LogP contribution in [0.15, 0.2) is 48.5 Å². The second kappa shape index (κ2) is 9.31. The second-order valence-electron chi connectivity index (χ2n) is 7.23. The van der Waals surface area contributed by atoms with Gasteiger partial charge in [-0.25, -0.2) is 0 Å². The number of halogens is 3. The van der Waals surface area contributed by atoms with E-state index in [4.69, 9.17) is 4.74 Å². The molecule has 0 bridgehead atoms. The average Bonchev–Trinajstić information content (AvgIpc) is 3.05. The number of amides is 1. The van der Waals surface area contributed by atoms with E-state index in [0.29, 0.717) is 25.1 Å². The predicted octanol–water partition coefficient (Wildman–Crippen LogP) is 4.38. The molecule has 1 aliphatic heterocycles. The van der Waals surface area contributed by atoms with Crippen LogP contribution in [0.1, 0.15) is 36.0 Å². The van der Waals surface area contributed by atoms with Crippen molar-refractivity contribution in [3.63, 3.8) is 0 Å². The molecular formula is C22H25F3N2O2. The van der Waals surface area contributed by atoms with Gasteiger partial charge in [0.25, 0.3) is 0 Å². The number of hydrogen-bond acceptors (Lipinski definition) is 3. The van der Waals surface area contributed by atoms with Crippen molar-refractivity contribution in [2.75, 3.05) is 13.7 Å². The van der Waals surface area contributed by atoms with E-state index in [1.54, 1.807) is 12.0 Å². The minimum atomic E-state index is -4.35. The fourth-order valence-electron chi connectivity index (χ4n) is 3.59. The van der Waals surface area contributed by atoms with Crippen LogP contribution in [0, 0.1) is 0 Å². The molecule has 1 fully saturated rings. The van der Waals surface area contributed by atoms with Crippen molar-refractivity contribution in [2.24, 2.45) is 0 Å². The molecule has 0 unspecified atom stereocenters. The van der Waals surface area contributed by atoms with Crippen molar-refractivity contribution in [3.05, 3.63) is 65.2 Å². The molecule has 29 heavy (non-hydrogen) atoms. The summed E-state index contributed by atoms with van der Waals surface area (Å²) in [6, 6.07) is 13.0. The highest BCUT2D eigenvalue weighted by Crippen LogP contribution is 2.30. The predicted molar refractivity (Wildman–Crippen MR) is 104 cm³/mol. The van der Waals surface area contributed by atoms with Crippen LogP contribution in [-0.4, -0.2) is 30.5 Å². The molecule has 1 heterocycles. The first kappa shape index (κ1) is 21.2. The van der Waals surface area contributed by atoms with Crippen LogP contribution in [0.5, 0.6) is 5.75 Å². The topological polar surface area (TPSA) is 41.6 Å². The Morgan fingerprint density at radius 2 is 1.90 bits per heavy atom. The van der Waals surface area contributed by atoms with E-state index in [1.165, 1.54) is 12.1 Å². The molecule has 0 aromatic heterocycles. The molecule has 1 N–H and O–H groups in total. The lowest BCUT2D eigenvalue weighted by Gasteiger charge is -2.25. The first-order chi connectivity index (χ1) is 13.9. The van der Waals surface area contributed by atoms with Crippen molar-refractivity contribution in [3.8, 4) is 5.75 Å². The van der Waals surface area contributed by atoms with Crippen LogP contribution in [0.2, 0.25) is 0 Å². The standard InChI is InChI=1S/C22H25F3N2O2/c1-29-20-4-2-3-17(13-20)14-26-12-11-19-9-10-21(28)27(19)15-16-5-7-18(8-6-16)22(23,24)25/h2-8,13,19,26H,9-12,14-15H2,1H3/t19-/m0/s1. The number of alkyl halides is 3. The summed E-state index contributed by atoms with van der Waals surface area (Å²) in [5, 5.41) is 3.38. The Kier molecular flexibility index (Phi) is 6.79. The lowest BCUT2D eigenvalue weighted by atomic mass is 10.1. The highest BCUT2D eigenvalue weighted by Gasteiger charge is 2.32. The Hall–Kier alpha value is -2.54. The quantitative estimate of drug-likeness (QED) is 0.662. The summed E-state index contributed by atoms with van der Waals surface area (Å²) >= 11 is 0. The summed E-state index contributed by atoms with van der Waals surface area (Å²) in [6.07, 6.45) is -2.28. The lowest BCUT2D eigenvalue weighted by molar-refractivity contribution is -0.137. The molecule has 1 aliphatic rings. The maximum atomic E-state index is 12.7. The fraction of sp³-hybridized carbons (Fsp3) is 0.409. The molecule has 0 saturated carbocycles. The number of benzene rings is 2. The monoisotopic (exact) mass is 406 g/mol. The summed E-state index contributed by atoms with van der Waals surface area (Å²) in [4.78, 5) is 14.0. The van der Waals surface area contributed by atoms with Gasteiger partial charge in [0.05, 0.1) is 12.7 Å². The molecule has 0 aliphatic carbocycles. The summed E-state index contributed by atoms with van der Waals surface area (Å²) in [7, 11) is 1.63. The molecule has 3 rings (SSSR count). The number of likely N-dealkylation sites (tertiary alicyclic amines) is 1. The number of ether oxygens (including phenoxy) is 1. The van der Waals surface area contributed by atoms with Gasteiger partial charge in [0.15, 0.2) is 0 Å². The van der Waals surface area contributed by atoms with Gasteiger partial charge in [-0.15, -0.1) is 0 Å². The van der Waals surface area contributed by atoms with E-state index in [1.807, 2.05) is 24.3 Å². The van der Waals surface area contributed by atoms with Gasteiger partial charge in [-0.2, -0.15) is 13.2 Å². The first-order valence-electron chi connectivity index (χ1n) is 9.66. The molecule has 0 spiro atoms. The third kappa shape index (κ3) is 5.73. The van der Waals surface area contributed by atoms with Gasteiger partial charge < -0.3 is 15.0 Å². The van der Waals surface area contributed by atoms with E-state index >= 15 is 0 Å². The normalized spacial score (nSPS) is 17.0. The lowest BCUT2D eigenvalue weighted by Crippen LogP contribution is -2.34. The molecule has 2 aromatic carbocycles. The van der Waals surface area contributed by atoms with Crippen LogP contribution in [0.4, 0.5) is 13.2 Å². The van der Waals surface area contributed by atoms with Crippen molar-refractivity contribution in [2.45, 2.75) is 44.6 Å². The largest absolute Gasteiger partial charge is 0.497 e. The van der Waals surface area contributed by atoms with Gasteiger partial charge in [0.1, 0.15) is 5.75 Å². The highest BCUT2D eigenvalue weighted by atomic mass is 19.4. The zero-order chi connectivity index (χ0) is 20.9. The van der Waals surface area contributed by atoms with E-state index in [0.717, 1.165) is 42.8 Å². The SMILES string of the molecule is COc1cccc(CNCC[C@@H]2CCC(=O)N2Cc2ccc(C(F)(F)F)cc2)c1. The number of hydrogen-bond donors (Lipinski definition) is 1. The van der Waals surface area contributed by atoms with Crippen molar-refractivity contribution < 1.29 is 22.7 Å². The molecule has 2 aromatic rings. The van der Waals surface area contributed by atoms with Gasteiger partial charge in [-0.05, 0) is 54.8 Å². The summed E-state index contributed by atoms with van der Waals surface area (Å²) < 4.78 is 43.3. The van der Waals surface area contributed by atoms with Gasteiger partial charge in [-0.1, -0.05) is 24.3 Å². The van der Waals surface area contributed by atoms with Crippen molar-refractivity contribution in [1.82, 2.24) is 10.2 Å². The van der Waals surface area contributed by atoms with Gasteiger partial charge in [0, 0.05) is 25.6 Å². The van der Waals surface area contributed by atoms with Crippen LogP contribution in [0.3, 0.4) is 0 Å². The smallest absolute Gasteiger partial charge is 0.416 e. The Morgan fingerprint density at radius 1 is 1.14 bits per heavy atom. The molecule has 156 valence electrons. The molecule has 1 atom stereocenters. The minimum absolute atomic E-state index is 0.0580. The molecule has 7 heteroatoms. The first-order valence-corrected chi connectivity index (χ1v) is 9.66. The van der Waals surface area contributed by atoms with Crippen LogP contribution in [-0.2, 0) is 24.1 Å². The van der Waals surface area contributed by atoms with Crippen LogP contribution >= 0.6 is 0 Å². The van der Waals surface area contributed by atoms with Gasteiger partial charge in [0.2, 0.25) is 5.91 Å². The molecule has 1 amide bonds. The maximum Gasteiger partial charge on any atom is 0.416 e. The minimum Gasteiger partial charge on any atom is -0.497 e. The summed E-state index contributed by atoms with van der Waals surface area (Å²) in [5.74, 6) is 0.871. The van der Waals surface area contributed by atoms with E-state index < -0.39 is 11.7 Å². The van der Waals surface area contributed by atoms with Crippen molar-refractivity contribution >= 4 is 5.91 Å². The van der Waals surface area contributed by atoms with Gasteiger partial charge >= 0.3 is 6.18 Å². The Morgan fingerprint density at radius 3 is 2.59 bits per heavy atom. The summed E-state index contributed by atoms with van der Waals surface area (Å²) in [5.41, 5.74) is 1.16. The number of carbonyl (C=O) groups is 1. The van der Waals surface area contributed by atoms with Crippen molar-refractivity contribution in [1.29, 1.82) is 0 Å². The fourth-order valence-corrected chi connectivity index (χ4v) is 3.59. The molecular weight excluding hydrogens is 381 g/mol. The zero-order valence-electron chi connectivity index (χ0n) is 16.3. The maximum absolute atomic E-state index is 12.7. The summed E-state index contributed by atoms with van der Waals surface area (Å²) in [6.45, 7) is 1.80. The molecule has 0 radical (unpaired) electrons. The van der Waals surface area contributed by atoms with E-state index in [-0.39, 0.29) is 11.9 Å². The van der Waals surface area contributed by atoms with Crippen LogP contribution < -0.4 is 10.1 Å². The number of methoxy groups -OCH3 is 1. The zero-order valence-corrected chi connectivity index (χ0v) is 16.3. The Balaban J connectivity index is 1.51. The third-order valence-electron chi connectivity index (χ3n) is 5.20.